The summed E-state index contributed by atoms with van der Waals surface area (Å²) in [6.45, 7) is 3.58. The Kier molecular flexibility index (Phi) is 4.37. The summed E-state index contributed by atoms with van der Waals surface area (Å²) in [6, 6.07) is -0.101. The maximum atomic E-state index is 12.5. The van der Waals surface area contributed by atoms with Gasteiger partial charge in [-0.2, -0.15) is 17.0 Å². The Morgan fingerprint density at radius 2 is 1.88 bits per heavy atom. The summed E-state index contributed by atoms with van der Waals surface area (Å²) >= 11 is 0. The third kappa shape index (κ3) is 2.79. The van der Waals surface area contributed by atoms with Crippen molar-refractivity contribution in [3.05, 3.63) is 0 Å². The average molecular weight is 262 g/mol. The van der Waals surface area contributed by atoms with Gasteiger partial charge >= 0.3 is 0 Å². The maximum Gasteiger partial charge on any atom is 0.282 e. The molecule has 2 heterocycles. The predicted octanol–water partition coefficient (Wildman–Crippen LogP) is -1.05. The van der Waals surface area contributed by atoms with Gasteiger partial charge < -0.3 is 11.1 Å². The highest BCUT2D eigenvalue weighted by Gasteiger charge is 2.36. The van der Waals surface area contributed by atoms with E-state index in [1.165, 1.54) is 0 Å². The molecule has 2 fully saturated rings. The van der Waals surface area contributed by atoms with Crippen molar-refractivity contribution in [3.8, 4) is 0 Å². The average Bonchev–Trinajstić information content (AvgIpc) is 2.39. The molecule has 7 heteroatoms. The highest BCUT2D eigenvalue weighted by Crippen LogP contribution is 2.18. The van der Waals surface area contributed by atoms with Crippen LogP contribution in [0.25, 0.3) is 0 Å². The van der Waals surface area contributed by atoms with E-state index in [1.807, 2.05) is 0 Å². The van der Waals surface area contributed by atoms with Gasteiger partial charge in [0, 0.05) is 39.3 Å². The number of rotatable bonds is 3. The van der Waals surface area contributed by atoms with Gasteiger partial charge in [-0.15, -0.1) is 0 Å². The molecule has 1 unspecified atom stereocenters. The topological polar surface area (TPSA) is 78.7 Å². The minimum atomic E-state index is -3.30. The molecule has 0 amide bonds. The van der Waals surface area contributed by atoms with E-state index in [0.717, 1.165) is 19.3 Å². The van der Waals surface area contributed by atoms with Crippen LogP contribution in [-0.4, -0.2) is 62.3 Å². The van der Waals surface area contributed by atoms with Crippen LogP contribution in [0.15, 0.2) is 0 Å². The Hall–Kier alpha value is -0.210. The molecule has 0 bridgehead atoms. The van der Waals surface area contributed by atoms with E-state index < -0.39 is 10.2 Å². The van der Waals surface area contributed by atoms with E-state index in [-0.39, 0.29) is 6.04 Å². The predicted molar refractivity (Wildman–Crippen MR) is 66.8 cm³/mol. The molecule has 0 aromatic rings. The van der Waals surface area contributed by atoms with Crippen molar-refractivity contribution in [1.29, 1.82) is 0 Å². The fourth-order valence-electron chi connectivity index (χ4n) is 2.49. The van der Waals surface area contributed by atoms with E-state index in [1.54, 1.807) is 8.61 Å². The second-order valence-electron chi connectivity index (χ2n) is 4.67. The van der Waals surface area contributed by atoms with Gasteiger partial charge in [0.1, 0.15) is 0 Å². The molecule has 2 rings (SSSR count). The fraction of sp³-hybridized carbons (Fsp3) is 1.00. The molecule has 3 N–H and O–H groups in total. The molecule has 0 aliphatic carbocycles. The molecule has 0 aromatic heterocycles. The second-order valence-corrected chi connectivity index (χ2v) is 6.55. The van der Waals surface area contributed by atoms with Gasteiger partial charge in [-0.25, -0.2) is 0 Å². The Balaban J connectivity index is 2.11. The molecule has 2 saturated heterocycles. The van der Waals surface area contributed by atoms with Crippen molar-refractivity contribution in [3.63, 3.8) is 0 Å². The van der Waals surface area contributed by atoms with Crippen molar-refractivity contribution >= 4 is 10.2 Å². The van der Waals surface area contributed by atoms with Crippen LogP contribution in [0.1, 0.15) is 19.3 Å². The summed E-state index contributed by atoms with van der Waals surface area (Å²) < 4.78 is 28.2. The lowest BCUT2D eigenvalue weighted by molar-refractivity contribution is 0.238. The number of hydrogen-bond donors (Lipinski definition) is 2. The first-order chi connectivity index (χ1) is 8.16. The Labute approximate surface area is 103 Å². The number of hydrogen-bond acceptors (Lipinski definition) is 4. The number of piperidine rings is 1. The lowest BCUT2D eigenvalue weighted by Gasteiger charge is -2.38. The molecule has 17 heavy (non-hydrogen) atoms. The summed E-state index contributed by atoms with van der Waals surface area (Å²) in [5.74, 6) is 0. The summed E-state index contributed by atoms with van der Waals surface area (Å²) in [5.41, 5.74) is 5.66. The van der Waals surface area contributed by atoms with E-state index >= 15 is 0 Å². The van der Waals surface area contributed by atoms with Crippen LogP contribution in [0.3, 0.4) is 0 Å². The van der Waals surface area contributed by atoms with Crippen molar-refractivity contribution in [1.82, 2.24) is 13.9 Å². The van der Waals surface area contributed by atoms with Crippen molar-refractivity contribution in [2.75, 3.05) is 39.3 Å². The first kappa shape index (κ1) is 13.2. The molecule has 2 aliphatic rings. The molecule has 0 spiro atoms. The minimum absolute atomic E-state index is 0.101. The number of piperazine rings is 1. The Morgan fingerprint density at radius 3 is 2.53 bits per heavy atom. The number of nitrogens with two attached hydrogens (primary N) is 1. The summed E-state index contributed by atoms with van der Waals surface area (Å²) in [6.07, 6.45) is 3.07. The highest BCUT2D eigenvalue weighted by molar-refractivity contribution is 7.86. The van der Waals surface area contributed by atoms with E-state index in [2.05, 4.69) is 5.32 Å². The molecule has 0 aromatic carbocycles. The molecule has 0 radical (unpaired) electrons. The van der Waals surface area contributed by atoms with E-state index in [4.69, 9.17) is 5.73 Å². The van der Waals surface area contributed by atoms with Gasteiger partial charge in [-0.3, -0.25) is 0 Å². The SMILES string of the molecule is NCC1CNCCN1S(=O)(=O)N1CCCCC1. The second kappa shape index (κ2) is 5.62. The summed E-state index contributed by atoms with van der Waals surface area (Å²) in [7, 11) is -3.30. The lowest BCUT2D eigenvalue weighted by atomic mass is 10.2. The fourth-order valence-corrected chi connectivity index (χ4v) is 4.37. The van der Waals surface area contributed by atoms with Crippen LogP contribution in [-0.2, 0) is 10.2 Å². The van der Waals surface area contributed by atoms with Gasteiger partial charge in [0.15, 0.2) is 0 Å². The lowest BCUT2D eigenvalue weighted by Crippen LogP contribution is -2.59. The number of nitrogens with one attached hydrogen (secondary N) is 1. The van der Waals surface area contributed by atoms with Crippen molar-refractivity contribution < 1.29 is 8.42 Å². The summed E-state index contributed by atoms with van der Waals surface area (Å²) in [4.78, 5) is 0. The zero-order valence-corrected chi connectivity index (χ0v) is 11.0. The first-order valence-corrected chi connectivity index (χ1v) is 7.73. The molecule has 100 valence electrons. The van der Waals surface area contributed by atoms with Crippen LogP contribution in [0.5, 0.6) is 0 Å². The van der Waals surface area contributed by atoms with Gasteiger partial charge in [0.05, 0.1) is 6.04 Å². The third-order valence-corrected chi connectivity index (χ3v) is 5.60. The molecule has 0 saturated carbocycles. The molecular formula is C10H22N4O2S. The van der Waals surface area contributed by atoms with Crippen molar-refractivity contribution in [2.24, 2.45) is 5.73 Å². The zero-order chi connectivity index (χ0) is 12.3. The largest absolute Gasteiger partial charge is 0.329 e. The Bertz CT molecular complexity index is 340. The molecule has 6 nitrogen and oxygen atoms in total. The van der Waals surface area contributed by atoms with Gasteiger partial charge in [0.25, 0.3) is 10.2 Å². The summed E-state index contributed by atoms with van der Waals surface area (Å²) in [5, 5.41) is 3.19. The monoisotopic (exact) mass is 262 g/mol. The van der Waals surface area contributed by atoms with Gasteiger partial charge in [-0.05, 0) is 12.8 Å². The molecular weight excluding hydrogens is 240 g/mol. The normalized spacial score (nSPS) is 29.4. The molecule has 2 aliphatic heterocycles. The molecule has 1 atom stereocenters. The van der Waals surface area contributed by atoms with Gasteiger partial charge in [-0.1, -0.05) is 6.42 Å². The first-order valence-electron chi connectivity index (χ1n) is 6.34. The van der Waals surface area contributed by atoms with Crippen LogP contribution >= 0.6 is 0 Å². The third-order valence-electron chi connectivity index (χ3n) is 3.51. The quantitative estimate of drug-likeness (QED) is 0.680. The minimum Gasteiger partial charge on any atom is -0.329 e. The Morgan fingerprint density at radius 1 is 1.18 bits per heavy atom. The highest BCUT2D eigenvalue weighted by atomic mass is 32.2. The van der Waals surface area contributed by atoms with E-state index in [0.29, 0.717) is 39.3 Å². The maximum absolute atomic E-state index is 12.5. The smallest absolute Gasteiger partial charge is 0.282 e. The zero-order valence-electron chi connectivity index (χ0n) is 10.1. The van der Waals surface area contributed by atoms with E-state index in [9.17, 15) is 8.42 Å². The van der Waals surface area contributed by atoms with Crippen LogP contribution < -0.4 is 11.1 Å². The van der Waals surface area contributed by atoms with Crippen LogP contribution in [0.4, 0.5) is 0 Å². The van der Waals surface area contributed by atoms with Crippen LogP contribution in [0, 0.1) is 0 Å². The van der Waals surface area contributed by atoms with Crippen molar-refractivity contribution in [2.45, 2.75) is 25.3 Å². The van der Waals surface area contributed by atoms with Gasteiger partial charge in [0.2, 0.25) is 0 Å². The standard InChI is InChI=1S/C10H22N4O2S/c11-8-10-9-12-4-7-14(10)17(15,16)13-5-2-1-3-6-13/h10,12H,1-9,11H2. The number of nitrogens with zero attached hydrogens (tertiary/aromatic N) is 2. The van der Waals surface area contributed by atoms with Crippen LogP contribution in [0.2, 0.25) is 0 Å².